The Kier molecular flexibility index (Phi) is 8.18. The molecular formula is C25H23ClN2O5. The summed E-state index contributed by atoms with van der Waals surface area (Å²) in [7, 11) is 0. The standard InChI is InChI=1S/C25H23ClN2O5/c26-21-4-2-1-3-20(21)24(31)28-22(25(32)33)13-16-5-9-18(10-6-16)19-11-7-17(8-12-19)14-27-15-23(29)30/h1-12,22,27H,13-15H2,(H,28,31)(H,29,30)(H,32,33)/t22-/m0/s1. The number of hydrogen-bond donors (Lipinski definition) is 4. The van der Waals surface area contributed by atoms with Crippen molar-refractivity contribution in [1.29, 1.82) is 0 Å². The SMILES string of the molecule is O=C(O)CNCc1ccc(-c2ccc(C[C@H](NC(=O)c3ccccc3Cl)C(=O)O)cc2)cc1. The minimum atomic E-state index is -1.13. The van der Waals surface area contributed by atoms with Crippen LogP contribution in [0.15, 0.2) is 72.8 Å². The maximum atomic E-state index is 12.4. The van der Waals surface area contributed by atoms with Crippen molar-refractivity contribution in [3.05, 3.63) is 94.5 Å². The minimum absolute atomic E-state index is 0.0978. The normalized spacial score (nSPS) is 11.5. The van der Waals surface area contributed by atoms with Gasteiger partial charge in [-0.1, -0.05) is 72.3 Å². The van der Waals surface area contributed by atoms with Crippen LogP contribution in [-0.2, 0) is 22.6 Å². The number of benzene rings is 3. The molecule has 8 heteroatoms. The van der Waals surface area contributed by atoms with E-state index in [1.807, 2.05) is 48.5 Å². The fourth-order valence-electron chi connectivity index (χ4n) is 3.28. The summed E-state index contributed by atoms with van der Waals surface area (Å²) in [5.41, 5.74) is 3.89. The molecule has 0 unspecified atom stereocenters. The number of carbonyl (C=O) groups is 3. The van der Waals surface area contributed by atoms with E-state index in [4.69, 9.17) is 16.7 Å². The summed E-state index contributed by atoms with van der Waals surface area (Å²) in [6.07, 6.45) is 0.125. The quantitative estimate of drug-likeness (QED) is 0.363. The van der Waals surface area contributed by atoms with Gasteiger partial charge in [-0.3, -0.25) is 9.59 Å². The number of halogens is 1. The molecule has 0 aliphatic carbocycles. The molecule has 0 radical (unpaired) electrons. The first-order valence-corrected chi connectivity index (χ1v) is 10.6. The van der Waals surface area contributed by atoms with E-state index in [9.17, 15) is 19.5 Å². The Morgan fingerprint density at radius 3 is 1.94 bits per heavy atom. The van der Waals surface area contributed by atoms with Crippen LogP contribution in [0.4, 0.5) is 0 Å². The summed E-state index contributed by atoms with van der Waals surface area (Å²) in [5.74, 6) is -2.57. The molecule has 0 spiro atoms. The lowest BCUT2D eigenvalue weighted by atomic mass is 9.99. The molecule has 0 heterocycles. The highest BCUT2D eigenvalue weighted by Gasteiger charge is 2.22. The zero-order valence-corrected chi connectivity index (χ0v) is 18.4. The number of amides is 1. The van der Waals surface area contributed by atoms with E-state index in [1.165, 1.54) is 0 Å². The fourth-order valence-corrected chi connectivity index (χ4v) is 3.50. The summed E-state index contributed by atoms with van der Waals surface area (Å²) < 4.78 is 0. The Morgan fingerprint density at radius 1 is 0.818 bits per heavy atom. The molecule has 7 nitrogen and oxygen atoms in total. The summed E-state index contributed by atoms with van der Waals surface area (Å²) >= 11 is 6.03. The molecule has 0 bridgehead atoms. The number of rotatable bonds is 10. The number of aliphatic carboxylic acids is 2. The zero-order chi connectivity index (χ0) is 23.8. The van der Waals surface area contributed by atoms with E-state index >= 15 is 0 Å². The van der Waals surface area contributed by atoms with Crippen LogP contribution >= 0.6 is 11.6 Å². The number of nitrogens with one attached hydrogen (secondary N) is 2. The number of carbonyl (C=O) groups excluding carboxylic acids is 1. The van der Waals surface area contributed by atoms with Crippen molar-refractivity contribution >= 4 is 29.4 Å². The van der Waals surface area contributed by atoms with Gasteiger partial charge in [0.15, 0.2) is 0 Å². The van der Waals surface area contributed by atoms with Crippen LogP contribution in [0.5, 0.6) is 0 Å². The van der Waals surface area contributed by atoms with Crippen molar-refractivity contribution in [2.45, 2.75) is 19.0 Å². The molecule has 0 aliphatic rings. The first kappa shape index (κ1) is 24.0. The molecule has 3 rings (SSSR count). The van der Waals surface area contributed by atoms with Crippen LogP contribution in [0.1, 0.15) is 21.5 Å². The van der Waals surface area contributed by atoms with Gasteiger partial charge in [-0.25, -0.2) is 4.79 Å². The van der Waals surface area contributed by atoms with Crippen molar-refractivity contribution in [1.82, 2.24) is 10.6 Å². The van der Waals surface area contributed by atoms with Crippen molar-refractivity contribution in [3.8, 4) is 11.1 Å². The third-order valence-corrected chi connectivity index (χ3v) is 5.34. The van der Waals surface area contributed by atoms with Crippen molar-refractivity contribution in [3.63, 3.8) is 0 Å². The maximum Gasteiger partial charge on any atom is 0.326 e. The van der Waals surface area contributed by atoms with Crippen LogP contribution in [0.3, 0.4) is 0 Å². The van der Waals surface area contributed by atoms with Gasteiger partial charge in [0.25, 0.3) is 5.91 Å². The van der Waals surface area contributed by atoms with E-state index in [0.29, 0.717) is 6.54 Å². The van der Waals surface area contributed by atoms with Crippen LogP contribution in [0, 0.1) is 0 Å². The highest BCUT2D eigenvalue weighted by Crippen LogP contribution is 2.21. The van der Waals surface area contributed by atoms with E-state index in [-0.39, 0.29) is 23.6 Å². The second-order valence-corrected chi connectivity index (χ2v) is 7.85. The minimum Gasteiger partial charge on any atom is -0.480 e. The molecule has 0 saturated heterocycles. The second kappa shape index (κ2) is 11.3. The molecule has 3 aromatic rings. The van der Waals surface area contributed by atoms with Crippen molar-refractivity contribution < 1.29 is 24.6 Å². The van der Waals surface area contributed by atoms with Gasteiger partial charge >= 0.3 is 11.9 Å². The molecule has 33 heavy (non-hydrogen) atoms. The van der Waals surface area contributed by atoms with Gasteiger partial charge in [-0.05, 0) is 34.4 Å². The van der Waals surface area contributed by atoms with Crippen LogP contribution < -0.4 is 10.6 Å². The molecular weight excluding hydrogens is 444 g/mol. The van der Waals surface area contributed by atoms with E-state index in [0.717, 1.165) is 22.3 Å². The lowest BCUT2D eigenvalue weighted by molar-refractivity contribution is -0.139. The van der Waals surface area contributed by atoms with Gasteiger partial charge < -0.3 is 20.8 Å². The molecule has 1 atom stereocenters. The molecule has 1 amide bonds. The average molecular weight is 467 g/mol. The van der Waals surface area contributed by atoms with E-state index < -0.39 is 23.9 Å². The van der Waals surface area contributed by atoms with Crippen LogP contribution in [-0.4, -0.2) is 40.6 Å². The summed E-state index contributed by atoms with van der Waals surface area (Å²) in [6, 6.07) is 20.5. The van der Waals surface area contributed by atoms with Crippen LogP contribution in [0.25, 0.3) is 11.1 Å². The van der Waals surface area contributed by atoms with Gasteiger partial charge in [0.2, 0.25) is 0 Å². The average Bonchev–Trinajstić information content (AvgIpc) is 2.79. The number of carboxylic acid groups (broad SMARTS) is 2. The molecule has 0 aliphatic heterocycles. The highest BCUT2D eigenvalue weighted by molar-refractivity contribution is 6.33. The lowest BCUT2D eigenvalue weighted by Crippen LogP contribution is -2.42. The van der Waals surface area contributed by atoms with Crippen molar-refractivity contribution in [2.24, 2.45) is 0 Å². The zero-order valence-electron chi connectivity index (χ0n) is 17.6. The Hall–Kier alpha value is -3.68. The largest absolute Gasteiger partial charge is 0.480 e. The molecule has 3 aromatic carbocycles. The summed E-state index contributed by atoms with van der Waals surface area (Å²) in [5, 5.41) is 23.9. The maximum absolute atomic E-state index is 12.4. The molecule has 4 N–H and O–H groups in total. The van der Waals surface area contributed by atoms with Gasteiger partial charge in [-0.2, -0.15) is 0 Å². The summed E-state index contributed by atoms with van der Waals surface area (Å²) in [4.78, 5) is 34.7. The predicted molar refractivity (Wildman–Crippen MR) is 125 cm³/mol. The first-order valence-electron chi connectivity index (χ1n) is 10.2. The van der Waals surface area contributed by atoms with Gasteiger partial charge in [0.1, 0.15) is 6.04 Å². The number of carboxylic acids is 2. The molecule has 0 fully saturated rings. The van der Waals surface area contributed by atoms with Gasteiger partial charge in [0, 0.05) is 13.0 Å². The monoisotopic (exact) mass is 466 g/mol. The topological polar surface area (TPSA) is 116 Å². The number of hydrogen-bond acceptors (Lipinski definition) is 4. The predicted octanol–water partition coefficient (Wildman–Crippen LogP) is 3.61. The third-order valence-electron chi connectivity index (χ3n) is 5.01. The Morgan fingerprint density at radius 2 is 1.39 bits per heavy atom. The highest BCUT2D eigenvalue weighted by atomic mass is 35.5. The Labute approximate surface area is 196 Å². The van der Waals surface area contributed by atoms with Gasteiger partial charge in [0.05, 0.1) is 17.1 Å². The molecule has 0 saturated carbocycles. The fraction of sp³-hybridized carbons (Fsp3) is 0.160. The third kappa shape index (κ3) is 6.90. The first-order chi connectivity index (χ1) is 15.8. The van der Waals surface area contributed by atoms with E-state index in [1.54, 1.807) is 24.3 Å². The Balaban J connectivity index is 1.63. The van der Waals surface area contributed by atoms with E-state index in [2.05, 4.69) is 10.6 Å². The molecule has 0 aromatic heterocycles. The smallest absolute Gasteiger partial charge is 0.326 e. The van der Waals surface area contributed by atoms with Gasteiger partial charge in [-0.15, -0.1) is 0 Å². The van der Waals surface area contributed by atoms with Crippen LogP contribution in [0.2, 0.25) is 5.02 Å². The Bertz CT molecular complexity index is 1130. The van der Waals surface area contributed by atoms with Crippen molar-refractivity contribution in [2.75, 3.05) is 6.54 Å². The summed E-state index contributed by atoms with van der Waals surface area (Å²) in [6.45, 7) is 0.363. The molecule has 170 valence electrons. The lowest BCUT2D eigenvalue weighted by Gasteiger charge is -2.15. The second-order valence-electron chi connectivity index (χ2n) is 7.44.